The molecule has 4 rings (SSSR count). The van der Waals surface area contributed by atoms with Gasteiger partial charge in [0.1, 0.15) is 5.01 Å². The van der Waals surface area contributed by atoms with Crippen LogP contribution in [0.4, 0.5) is 5.69 Å². The van der Waals surface area contributed by atoms with E-state index in [0.29, 0.717) is 21.8 Å². The fourth-order valence-electron chi connectivity index (χ4n) is 3.54. The monoisotopic (exact) mass is 537 g/mol. The Bertz CT molecular complexity index is 1550. The van der Waals surface area contributed by atoms with Gasteiger partial charge in [-0.15, -0.1) is 11.3 Å². The fourth-order valence-corrected chi connectivity index (χ4v) is 5.53. The average molecular weight is 538 g/mol. The van der Waals surface area contributed by atoms with Crippen molar-refractivity contribution < 1.29 is 27.5 Å². The molecule has 2 N–H and O–H groups in total. The van der Waals surface area contributed by atoms with Crippen molar-refractivity contribution in [3.63, 3.8) is 0 Å². The number of hydrogen-bond acceptors (Lipinski definition) is 8. The van der Waals surface area contributed by atoms with Gasteiger partial charge in [0.15, 0.2) is 6.10 Å². The Morgan fingerprint density at radius 1 is 0.973 bits per heavy atom. The maximum absolute atomic E-state index is 13.1. The van der Waals surface area contributed by atoms with Crippen LogP contribution in [-0.4, -0.2) is 37.3 Å². The third kappa shape index (κ3) is 6.01. The molecule has 190 valence electrons. The quantitative estimate of drug-likeness (QED) is 0.319. The molecule has 1 heterocycles. The van der Waals surface area contributed by atoms with E-state index in [2.05, 4.69) is 10.3 Å². The van der Waals surface area contributed by atoms with Crippen molar-refractivity contribution in [1.82, 2.24) is 9.71 Å². The maximum atomic E-state index is 13.1. The molecular weight excluding hydrogens is 514 g/mol. The number of anilines is 1. The van der Waals surface area contributed by atoms with Crippen molar-refractivity contribution in [2.24, 2.45) is 0 Å². The lowest BCUT2D eigenvalue weighted by Gasteiger charge is -2.17. The highest BCUT2D eigenvalue weighted by Crippen LogP contribution is 2.32. The number of rotatable bonds is 8. The zero-order chi connectivity index (χ0) is 26.6. The second-order valence-corrected chi connectivity index (χ2v) is 10.7. The Morgan fingerprint density at radius 2 is 1.65 bits per heavy atom. The minimum Gasteiger partial charge on any atom is -0.449 e. The summed E-state index contributed by atoms with van der Waals surface area (Å²) in [7, 11) is -3.99. The minimum atomic E-state index is -3.99. The number of hydrogen-bond donors (Lipinski definition) is 2. The van der Waals surface area contributed by atoms with Crippen LogP contribution >= 0.6 is 11.3 Å². The molecule has 1 atom stereocenters. The first-order valence-electron chi connectivity index (χ1n) is 11.3. The van der Waals surface area contributed by atoms with Crippen LogP contribution < -0.4 is 10.0 Å². The lowest BCUT2D eigenvalue weighted by atomic mass is 10.1. The molecule has 0 fully saturated rings. The van der Waals surface area contributed by atoms with Crippen LogP contribution in [0.3, 0.4) is 0 Å². The van der Waals surface area contributed by atoms with E-state index >= 15 is 0 Å². The van der Waals surface area contributed by atoms with Crippen molar-refractivity contribution >= 4 is 55.0 Å². The van der Waals surface area contributed by atoms with E-state index in [1.807, 2.05) is 29.0 Å². The van der Waals surface area contributed by atoms with E-state index < -0.39 is 33.9 Å². The summed E-state index contributed by atoms with van der Waals surface area (Å²) in [6.45, 7) is 2.80. The number of thiazole rings is 1. The van der Waals surface area contributed by atoms with Crippen LogP contribution in [0.15, 0.2) is 77.7 Å². The van der Waals surface area contributed by atoms with E-state index in [0.717, 1.165) is 17.1 Å². The highest BCUT2D eigenvalue weighted by Gasteiger charge is 2.25. The van der Waals surface area contributed by atoms with Gasteiger partial charge in [-0.05, 0) is 48.9 Å². The first-order valence-corrected chi connectivity index (χ1v) is 13.6. The van der Waals surface area contributed by atoms with E-state index in [9.17, 15) is 22.8 Å². The van der Waals surface area contributed by atoms with Crippen LogP contribution in [0, 0.1) is 0 Å². The number of amides is 2. The number of carbonyl (C=O) groups is 3. The largest absolute Gasteiger partial charge is 0.449 e. The van der Waals surface area contributed by atoms with Gasteiger partial charge in [-0.1, -0.05) is 37.3 Å². The van der Waals surface area contributed by atoms with Gasteiger partial charge >= 0.3 is 5.97 Å². The molecule has 0 radical (unpaired) electrons. The number of fused-ring (bicyclic) bond motifs is 1. The molecule has 1 unspecified atom stereocenters. The number of para-hydroxylation sites is 1. The first kappa shape index (κ1) is 26.0. The predicted molar refractivity (Wildman–Crippen MR) is 141 cm³/mol. The Morgan fingerprint density at radius 3 is 2.32 bits per heavy atom. The van der Waals surface area contributed by atoms with Gasteiger partial charge in [0.2, 0.25) is 5.91 Å². The predicted octanol–water partition coefficient (Wildman–Crippen LogP) is 4.36. The molecule has 3 aromatic carbocycles. The number of nitrogens with one attached hydrogen (secondary N) is 2. The summed E-state index contributed by atoms with van der Waals surface area (Å²) < 4.78 is 32.6. The molecular formula is C26H23N3O6S2. The molecule has 0 aliphatic heterocycles. The highest BCUT2D eigenvalue weighted by molar-refractivity contribution is 7.90. The number of ether oxygens (including phenoxy) is 1. The number of benzene rings is 3. The maximum Gasteiger partial charge on any atom is 0.339 e. The summed E-state index contributed by atoms with van der Waals surface area (Å²) >= 11 is 1.46. The molecule has 37 heavy (non-hydrogen) atoms. The molecule has 4 aromatic rings. The summed E-state index contributed by atoms with van der Waals surface area (Å²) in [5.74, 6) is -1.94. The topological polar surface area (TPSA) is 132 Å². The number of carbonyl (C=O) groups excluding carboxylic acids is 3. The SMILES string of the molecule is CCC(OC(=O)c1ccccc1-c1nc2ccccc2s1)C(=O)Nc1ccc(S(=O)(=O)NC(C)=O)cc1. The third-order valence-electron chi connectivity index (χ3n) is 5.29. The van der Waals surface area contributed by atoms with Gasteiger partial charge in [-0.3, -0.25) is 9.59 Å². The summed E-state index contributed by atoms with van der Waals surface area (Å²) in [6, 6.07) is 19.9. The summed E-state index contributed by atoms with van der Waals surface area (Å²) in [4.78, 5) is 41.5. The fraction of sp³-hybridized carbons (Fsp3) is 0.154. The summed E-state index contributed by atoms with van der Waals surface area (Å²) in [6.07, 6.45) is -0.866. The second-order valence-electron chi connectivity index (χ2n) is 8.01. The first-order chi connectivity index (χ1) is 17.7. The number of aromatic nitrogens is 1. The van der Waals surface area contributed by atoms with Crippen LogP contribution in [0.25, 0.3) is 20.8 Å². The van der Waals surface area contributed by atoms with Gasteiger partial charge in [0.25, 0.3) is 15.9 Å². The molecule has 11 heteroatoms. The molecule has 0 saturated carbocycles. The molecule has 1 aromatic heterocycles. The Balaban J connectivity index is 1.48. The standard InChI is InChI=1S/C26H23N3O6S2/c1-3-22(24(31)27-17-12-14-18(15-13-17)37(33,34)29-16(2)30)35-26(32)20-9-5-4-8-19(20)25-28-21-10-6-7-11-23(21)36-25/h4-15,22H,3H2,1-2H3,(H,27,31)(H,29,30). The third-order valence-corrected chi connectivity index (χ3v) is 7.81. The van der Waals surface area contributed by atoms with Crippen molar-refractivity contribution in [3.8, 4) is 10.6 Å². The average Bonchev–Trinajstić information content (AvgIpc) is 3.31. The van der Waals surface area contributed by atoms with Crippen LogP contribution in [0.1, 0.15) is 30.6 Å². The summed E-state index contributed by atoms with van der Waals surface area (Å²) in [5.41, 5.74) is 2.03. The molecule has 9 nitrogen and oxygen atoms in total. The smallest absolute Gasteiger partial charge is 0.339 e. The normalized spacial score (nSPS) is 12.1. The lowest BCUT2D eigenvalue weighted by molar-refractivity contribution is -0.124. The van der Waals surface area contributed by atoms with E-state index in [1.54, 1.807) is 31.2 Å². The molecule has 0 bridgehead atoms. The Hall–Kier alpha value is -4.09. The molecule has 2 amide bonds. The number of sulfonamides is 1. The molecule has 0 spiro atoms. The van der Waals surface area contributed by atoms with Crippen LogP contribution in [0.2, 0.25) is 0 Å². The lowest BCUT2D eigenvalue weighted by Crippen LogP contribution is -2.32. The molecule has 0 saturated heterocycles. The minimum absolute atomic E-state index is 0.134. The number of esters is 1. The van der Waals surface area contributed by atoms with E-state index in [1.165, 1.54) is 35.6 Å². The van der Waals surface area contributed by atoms with Gasteiger partial charge in [0.05, 0.1) is 20.7 Å². The zero-order valence-corrected chi connectivity index (χ0v) is 21.6. The van der Waals surface area contributed by atoms with Crippen LogP contribution in [-0.2, 0) is 24.3 Å². The molecule has 0 aliphatic rings. The van der Waals surface area contributed by atoms with Gasteiger partial charge in [-0.2, -0.15) is 0 Å². The van der Waals surface area contributed by atoms with Gasteiger partial charge in [0, 0.05) is 18.2 Å². The van der Waals surface area contributed by atoms with Crippen molar-refractivity contribution in [3.05, 3.63) is 78.4 Å². The Labute approximate surface area is 217 Å². The van der Waals surface area contributed by atoms with Gasteiger partial charge in [-0.25, -0.2) is 22.9 Å². The molecule has 0 aliphatic carbocycles. The second kappa shape index (κ2) is 10.9. The van der Waals surface area contributed by atoms with E-state index in [4.69, 9.17) is 4.74 Å². The van der Waals surface area contributed by atoms with Crippen molar-refractivity contribution in [1.29, 1.82) is 0 Å². The zero-order valence-electron chi connectivity index (χ0n) is 19.9. The Kier molecular flexibility index (Phi) is 7.65. The summed E-state index contributed by atoms with van der Waals surface area (Å²) in [5, 5.41) is 3.29. The number of nitrogens with zero attached hydrogens (tertiary/aromatic N) is 1. The van der Waals surface area contributed by atoms with Crippen molar-refractivity contribution in [2.45, 2.75) is 31.3 Å². The van der Waals surface area contributed by atoms with Crippen LogP contribution in [0.5, 0.6) is 0 Å². The van der Waals surface area contributed by atoms with Crippen molar-refractivity contribution in [2.75, 3.05) is 5.32 Å². The van der Waals surface area contributed by atoms with Gasteiger partial charge < -0.3 is 10.1 Å². The van der Waals surface area contributed by atoms with E-state index in [-0.39, 0.29) is 11.3 Å². The highest BCUT2D eigenvalue weighted by atomic mass is 32.2.